The van der Waals surface area contributed by atoms with E-state index in [1.165, 1.54) is 7.11 Å². The molecule has 0 unspecified atom stereocenters. The Labute approximate surface area is 240 Å². The van der Waals surface area contributed by atoms with E-state index in [0.717, 1.165) is 17.4 Å². The molecule has 0 radical (unpaired) electrons. The maximum atomic E-state index is 13.8. The summed E-state index contributed by atoms with van der Waals surface area (Å²) in [5.74, 6) is -0.156. The van der Waals surface area contributed by atoms with Crippen LogP contribution in [0, 0.1) is 0 Å². The fourth-order valence-corrected chi connectivity index (χ4v) is 4.98. The number of carbonyl (C=O) groups is 2. The molecule has 1 fully saturated rings. The zero-order valence-corrected chi connectivity index (χ0v) is 23.4. The summed E-state index contributed by atoms with van der Waals surface area (Å²) in [5, 5.41) is 8.49. The number of nitrogens with zero attached hydrogens (tertiary/aromatic N) is 5. The summed E-state index contributed by atoms with van der Waals surface area (Å²) in [5.41, 5.74) is 2.43. The largest absolute Gasteiger partial charge is 0.494 e. The minimum atomic E-state index is -4.68. The molecule has 0 saturated carbocycles. The fraction of sp³-hybridized carbons (Fsp3) is 0.357. The Bertz CT molecular complexity index is 1490. The first-order valence-electron chi connectivity index (χ1n) is 13.3. The van der Waals surface area contributed by atoms with Gasteiger partial charge in [0, 0.05) is 70.5 Å². The van der Waals surface area contributed by atoms with Crippen LogP contribution in [0.15, 0.2) is 42.6 Å². The lowest BCUT2D eigenvalue weighted by Crippen LogP contribution is -2.51. The average molecular weight is 585 g/mol. The van der Waals surface area contributed by atoms with Crippen molar-refractivity contribution in [2.24, 2.45) is 0 Å². The number of amides is 3. The third-order valence-electron chi connectivity index (χ3n) is 7.15. The van der Waals surface area contributed by atoms with Crippen molar-refractivity contribution in [2.45, 2.75) is 19.1 Å². The zero-order chi connectivity index (χ0) is 30.0. The predicted octanol–water partition coefficient (Wildman–Crippen LogP) is 4.16. The maximum Gasteiger partial charge on any atom is 0.421 e. The van der Waals surface area contributed by atoms with E-state index in [4.69, 9.17) is 4.74 Å². The Morgan fingerprint density at radius 2 is 1.90 bits per heavy atom. The molecule has 0 spiro atoms. The number of alkyl halides is 3. The van der Waals surface area contributed by atoms with Crippen LogP contribution in [0.5, 0.6) is 5.75 Å². The first-order chi connectivity index (χ1) is 20.0. The Hall–Kier alpha value is -4.75. The molecule has 5 rings (SSSR count). The molecule has 2 aliphatic rings. The molecule has 3 N–H and O–H groups in total. The molecule has 3 aromatic rings. The SMILES string of the molecule is COc1cc(N2CCN(C(=O)N(C)C)CC2)ccc1Nc1ncc(C(F)(F)F)c(NCc2cccc3c2CC(=O)N3)n1. The van der Waals surface area contributed by atoms with Crippen molar-refractivity contribution in [2.75, 3.05) is 68.2 Å². The summed E-state index contributed by atoms with van der Waals surface area (Å²) in [7, 11) is 4.94. The van der Waals surface area contributed by atoms with E-state index in [9.17, 15) is 22.8 Å². The number of anilines is 5. The molecular formula is C28H31F3N8O3. The molecule has 42 heavy (non-hydrogen) atoms. The van der Waals surface area contributed by atoms with Gasteiger partial charge in [0.05, 0.1) is 19.2 Å². The summed E-state index contributed by atoms with van der Waals surface area (Å²) in [6, 6.07) is 10.6. The Morgan fingerprint density at radius 3 is 2.60 bits per heavy atom. The van der Waals surface area contributed by atoms with Gasteiger partial charge >= 0.3 is 12.2 Å². The predicted molar refractivity (Wildman–Crippen MR) is 152 cm³/mol. The third kappa shape index (κ3) is 6.11. The molecule has 0 bridgehead atoms. The second-order valence-electron chi connectivity index (χ2n) is 10.1. The Kier molecular flexibility index (Phi) is 7.96. The van der Waals surface area contributed by atoms with Crippen LogP contribution in [0.4, 0.5) is 46.8 Å². The monoisotopic (exact) mass is 584 g/mol. The molecule has 222 valence electrons. The van der Waals surface area contributed by atoms with Gasteiger partial charge in [-0.05, 0) is 29.3 Å². The van der Waals surface area contributed by atoms with Gasteiger partial charge in [0.15, 0.2) is 0 Å². The fourth-order valence-electron chi connectivity index (χ4n) is 4.98. The van der Waals surface area contributed by atoms with Crippen molar-refractivity contribution in [3.05, 3.63) is 59.3 Å². The van der Waals surface area contributed by atoms with E-state index in [2.05, 4.69) is 30.8 Å². The molecule has 2 aromatic carbocycles. The first kappa shape index (κ1) is 28.8. The minimum absolute atomic E-state index is 0.0306. The smallest absolute Gasteiger partial charge is 0.421 e. The molecule has 2 aliphatic heterocycles. The highest BCUT2D eigenvalue weighted by Crippen LogP contribution is 2.36. The lowest BCUT2D eigenvalue weighted by molar-refractivity contribution is -0.137. The summed E-state index contributed by atoms with van der Waals surface area (Å²) in [4.78, 5) is 37.6. The topological polar surface area (TPSA) is 115 Å². The number of nitrogens with one attached hydrogen (secondary N) is 3. The van der Waals surface area contributed by atoms with E-state index in [1.54, 1.807) is 48.2 Å². The van der Waals surface area contributed by atoms with E-state index in [0.29, 0.717) is 48.9 Å². The van der Waals surface area contributed by atoms with Gasteiger partial charge in [-0.1, -0.05) is 12.1 Å². The number of urea groups is 1. The lowest BCUT2D eigenvalue weighted by Gasteiger charge is -2.37. The molecule has 1 saturated heterocycles. The quantitative estimate of drug-likeness (QED) is 0.380. The second-order valence-corrected chi connectivity index (χ2v) is 10.1. The van der Waals surface area contributed by atoms with Gasteiger partial charge in [0.2, 0.25) is 11.9 Å². The van der Waals surface area contributed by atoms with Crippen LogP contribution in [-0.4, -0.2) is 79.1 Å². The standard InChI is InChI=1S/C28H31F3N8O3/c1-37(2)27(41)39-11-9-38(10-12-39)18-7-8-22(23(13-18)42-3)35-26-33-16-20(28(29,30)31)25(36-26)32-15-17-5-4-6-21-19(17)14-24(40)34-21/h4-8,13,16H,9-12,14-15H2,1-3H3,(H,34,40)(H2,32,33,35,36). The summed E-state index contributed by atoms with van der Waals surface area (Å²) in [6.45, 7) is 2.46. The van der Waals surface area contributed by atoms with Gasteiger partial charge < -0.3 is 35.4 Å². The van der Waals surface area contributed by atoms with Gasteiger partial charge in [-0.25, -0.2) is 9.78 Å². The van der Waals surface area contributed by atoms with E-state index in [1.807, 2.05) is 12.1 Å². The number of halogens is 3. The van der Waals surface area contributed by atoms with Gasteiger partial charge in [-0.3, -0.25) is 4.79 Å². The van der Waals surface area contributed by atoms with E-state index < -0.39 is 17.6 Å². The minimum Gasteiger partial charge on any atom is -0.494 e. The molecular weight excluding hydrogens is 553 g/mol. The van der Waals surface area contributed by atoms with Crippen LogP contribution >= 0.6 is 0 Å². The molecule has 14 heteroatoms. The van der Waals surface area contributed by atoms with Crippen LogP contribution in [0.25, 0.3) is 0 Å². The second kappa shape index (κ2) is 11.6. The summed E-state index contributed by atoms with van der Waals surface area (Å²) < 4.78 is 47.0. The molecule has 1 aromatic heterocycles. The van der Waals surface area contributed by atoms with Gasteiger partial charge in [0.25, 0.3) is 0 Å². The number of fused-ring (bicyclic) bond motifs is 1. The highest BCUT2D eigenvalue weighted by atomic mass is 19.4. The van der Waals surface area contributed by atoms with Crippen LogP contribution in [0.3, 0.4) is 0 Å². The van der Waals surface area contributed by atoms with Gasteiger partial charge in [0.1, 0.15) is 17.1 Å². The average Bonchev–Trinajstić information content (AvgIpc) is 3.36. The highest BCUT2D eigenvalue weighted by molar-refractivity contribution is 5.99. The number of methoxy groups -OCH3 is 1. The van der Waals surface area contributed by atoms with Crippen molar-refractivity contribution < 1.29 is 27.5 Å². The van der Waals surface area contributed by atoms with Crippen LogP contribution < -0.4 is 25.6 Å². The lowest BCUT2D eigenvalue weighted by atomic mass is 10.0. The number of carbonyl (C=O) groups excluding carboxylic acids is 2. The van der Waals surface area contributed by atoms with Crippen molar-refractivity contribution in [3.63, 3.8) is 0 Å². The van der Waals surface area contributed by atoms with Crippen molar-refractivity contribution in [1.29, 1.82) is 0 Å². The van der Waals surface area contributed by atoms with Crippen molar-refractivity contribution in [1.82, 2.24) is 19.8 Å². The Balaban J connectivity index is 1.33. The third-order valence-corrected chi connectivity index (χ3v) is 7.15. The van der Waals surface area contributed by atoms with Crippen LogP contribution in [-0.2, 0) is 23.9 Å². The molecule has 3 heterocycles. The number of rotatable bonds is 7. The van der Waals surface area contributed by atoms with Gasteiger partial charge in [-0.2, -0.15) is 18.2 Å². The number of hydrogen-bond donors (Lipinski definition) is 3. The van der Waals surface area contributed by atoms with Crippen molar-refractivity contribution in [3.8, 4) is 5.75 Å². The number of hydrogen-bond acceptors (Lipinski definition) is 8. The maximum absolute atomic E-state index is 13.8. The van der Waals surface area contributed by atoms with Gasteiger partial charge in [-0.15, -0.1) is 0 Å². The van der Waals surface area contributed by atoms with Crippen LogP contribution in [0.2, 0.25) is 0 Å². The molecule has 3 amide bonds. The molecule has 0 atom stereocenters. The number of ether oxygens (including phenoxy) is 1. The molecule has 11 nitrogen and oxygen atoms in total. The highest BCUT2D eigenvalue weighted by Gasteiger charge is 2.35. The number of benzene rings is 2. The summed E-state index contributed by atoms with van der Waals surface area (Å²) in [6.07, 6.45) is -3.79. The first-order valence-corrected chi connectivity index (χ1v) is 13.3. The Morgan fingerprint density at radius 1 is 1.14 bits per heavy atom. The zero-order valence-electron chi connectivity index (χ0n) is 23.4. The van der Waals surface area contributed by atoms with Crippen molar-refractivity contribution >= 4 is 40.8 Å². The van der Waals surface area contributed by atoms with E-state index >= 15 is 0 Å². The summed E-state index contributed by atoms with van der Waals surface area (Å²) >= 11 is 0. The molecule has 0 aliphatic carbocycles. The normalized spacial score (nSPS) is 14.8. The van der Waals surface area contributed by atoms with Crippen LogP contribution in [0.1, 0.15) is 16.7 Å². The number of piperazine rings is 1. The van der Waals surface area contributed by atoms with E-state index in [-0.39, 0.29) is 30.9 Å². The number of aromatic nitrogens is 2.